The number of hydrogen-bond donors (Lipinski definition) is 1. The van der Waals surface area contributed by atoms with Crippen LogP contribution in [0.4, 0.5) is 5.69 Å². The highest BCUT2D eigenvalue weighted by molar-refractivity contribution is 5.87. The van der Waals surface area contributed by atoms with Crippen molar-refractivity contribution in [3.05, 3.63) is 35.9 Å². The number of benzene rings is 1. The minimum Gasteiger partial charge on any atom is -0.441 e. The lowest BCUT2D eigenvalue weighted by Crippen LogP contribution is -1.91. The summed E-state index contributed by atoms with van der Waals surface area (Å²) in [4.78, 5) is 4.46. The number of anilines is 1. The summed E-state index contributed by atoms with van der Waals surface area (Å²) in [6.07, 6.45) is 4.29. The second-order valence-corrected chi connectivity index (χ2v) is 4.29. The minimum atomic E-state index is 0.0108. The molecule has 0 saturated carbocycles. The molecule has 0 saturated heterocycles. The second-order valence-electron chi connectivity index (χ2n) is 4.29. The molecular weight excluding hydrogens is 252 g/mol. The predicted molar refractivity (Wildman–Crippen MR) is 75.6 cm³/mol. The van der Waals surface area contributed by atoms with Crippen molar-refractivity contribution in [3.8, 4) is 12.1 Å². The predicted octanol–water partition coefficient (Wildman–Crippen LogP) is 3.51. The van der Waals surface area contributed by atoms with Gasteiger partial charge < -0.3 is 9.73 Å². The fourth-order valence-electron chi connectivity index (χ4n) is 1.79. The number of rotatable bonds is 5. The molecule has 1 N–H and O–H groups in total. The van der Waals surface area contributed by atoms with Gasteiger partial charge in [0.2, 0.25) is 0 Å². The van der Waals surface area contributed by atoms with Gasteiger partial charge in [-0.25, -0.2) is 4.98 Å². The molecule has 5 heteroatoms. The van der Waals surface area contributed by atoms with Gasteiger partial charge in [-0.05, 0) is 18.6 Å². The Kier molecular flexibility index (Phi) is 4.36. The van der Waals surface area contributed by atoms with Crippen LogP contribution in [-0.4, -0.2) is 4.98 Å². The zero-order valence-corrected chi connectivity index (χ0v) is 11.2. The number of nitrogens with zero attached hydrogens (tertiary/aromatic N) is 3. The van der Waals surface area contributed by atoms with E-state index in [4.69, 9.17) is 14.9 Å². The molecule has 0 aliphatic heterocycles. The number of nitriles is 2. The lowest BCUT2D eigenvalue weighted by atomic mass is 10.2. The second kappa shape index (κ2) is 6.40. The third-order valence-electron chi connectivity index (χ3n) is 2.82. The van der Waals surface area contributed by atoms with Crippen LogP contribution in [0, 0.1) is 22.7 Å². The number of unbranched alkanes of at least 4 members (excludes halogenated alkanes) is 1. The molecule has 0 radical (unpaired) electrons. The first-order chi connectivity index (χ1) is 9.78. The molecule has 0 aliphatic rings. The van der Waals surface area contributed by atoms with E-state index in [1.165, 1.54) is 6.20 Å². The summed E-state index contributed by atoms with van der Waals surface area (Å²) in [6.45, 7) is 2.12. The van der Waals surface area contributed by atoms with Gasteiger partial charge in [-0.1, -0.05) is 19.4 Å². The number of para-hydroxylation sites is 1. The van der Waals surface area contributed by atoms with Crippen molar-refractivity contribution in [2.24, 2.45) is 0 Å². The maximum atomic E-state index is 8.70. The molecule has 2 rings (SSSR count). The quantitative estimate of drug-likeness (QED) is 0.837. The number of allylic oxidation sites excluding steroid dienone is 1. The number of fused-ring (bicyclic) bond motifs is 1. The highest BCUT2D eigenvalue weighted by Gasteiger charge is 2.08. The topological polar surface area (TPSA) is 85.6 Å². The summed E-state index contributed by atoms with van der Waals surface area (Å²) in [7, 11) is 0. The summed E-state index contributed by atoms with van der Waals surface area (Å²) in [6, 6.07) is 9.11. The zero-order chi connectivity index (χ0) is 14.4. The normalized spacial score (nSPS) is 9.75. The number of aromatic nitrogens is 1. The molecule has 100 valence electrons. The third kappa shape index (κ3) is 2.96. The number of nitrogens with one attached hydrogen (secondary N) is 1. The molecule has 1 heterocycles. The lowest BCUT2D eigenvalue weighted by Gasteiger charge is -1.99. The van der Waals surface area contributed by atoms with Gasteiger partial charge in [-0.15, -0.1) is 0 Å². The van der Waals surface area contributed by atoms with E-state index in [0.29, 0.717) is 17.0 Å². The van der Waals surface area contributed by atoms with Gasteiger partial charge in [0.15, 0.2) is 11.5 Å². The van der Waals surface area contributed by atoms with Crippen LogP contribution in [0.1, 0.15) is 25.7 Å². The van der Waals surface area contributed by atoms with Crippen LogP contribution in [0.2, 0.25) is 0 Å². The van der Waals surface area contributed by atoms with Crippen LogP contribution in [-0.2, 0) is 6.42 Å². The van der Waals surface area contributed by atoms with Gasteiger partial charge in [-0.3, -0.25) is 0 Å². The number of aryl methyl sites for hydroxylation is 1. The van der Waals surface area contributed by atoms with E-state index in [2.05, 4.69) is 17.2 Å². The first-order valence-corrected chi connectivity index (χ1v) is 6.43. The van der Waals surface area contributed by atoms with Crippen LogP contribution >= 0.6 is 0 Å². The van der Waals surface area contributed by atoms with Crippen molar-refractivity contribution < 1.29 is 4.42 Å². The largest absolute Gasteiger partial charge is 0.441 e. The van der Waals surface area contributed by atoms with E-state index in [9.17, 15) is 0 Å². The van der Waals surface area contributed by atoms with Gasteiger partial charge in [0.25, 0.3) is 0 Å². The lowest BCUT2D eigenvalue weighted by molar-refractivity contribution is 0.517. The summed E-state index contributed by atoms with van der Waals surface area (Å²) < 4.78 is 5.67. The Bertz CT molecular complexity index is 700. The molecule has 0 unspecified atom stereocenters. The van der Waals surface area contributed by atoms with Gasteiger partial charge in [-0.2, -0.15) is 10.5 Å². The molecule has 0 atom stereocenters. The zero-order valence-electron chi connectivity index (χ0n) is 11.2. The van der Waals surface area contributed by atoms with Crippen molar-refractivity contribution in [2.45, 2.75) is 26.2 Å². The molecule has 0 fully saturated rings. The molecule has 5 nitrogen and oxygen atoms in total. The number of hydrogen-bond acceptors (Lipinski definition) is 5. The molecule has 1 aromatic heterocycles. The van der Waals surface area contributed by atoms with Crippen LogP contribution in [0.5, 0.6) is 0 Å². The van der Waals surface area contributed by atoms with Crippen LogP contribution in [0.3, 0.4) is 0 Å². The first kappa shape index (κ1) is 13.6. The summed E-state index contributed by atoms with van der Waals surface area (Å²) in [5.41, 5.74) is 2.14. The van der Waals surface area contributed by atoms with Crippen molar-refractivity contribution >= 4 is 16.8 Å². The molecule has 20 heavy (non-hydrogen) atoms. The third-order valence-corrected chi connectivity index (χ3v) is 2.82. The summed E-state index contributed by atoms with van der Waals surface area (Å²) >= 11 is 0. The average molecular weight is 266 g/mol. The Morgan fingerprint density at radius 2 is 2.20 bits per heavy atom. The van der Waals surface area contributed by atoms with E-state index >= 15 is 0 Å². The van der Waals surface area contributed by atoms with E-state index in [-0.39, 0.29) is 5.57 Å². The number of oxazole rings is 1. The van der Waals surface area contributed by atoms with Gasteiger partial charge in [0, 0.05) is 12.6 Å². The molecule has 0 spiro atoms. The maximum Gasteiger partial charge on any atom is 0.195 e. The fourth-order valence-corrected chi connectivity index (χ4v) is 1.79. The van der Waals surface area contributed by atoms with E-state index in [1.54, 1.807) is 12.1 Å². The van der Waals surface area contributed by atoms with Crippen molar-refractivity contribution in [2.75, 3.05) is 5.32 Å². The Morgan fingerprint density at radius 1 is 1.40 bits per heavy atom. The minimum absolute atomic E-state index is 0.0108. The van der Waals surface area contributed by atoms with Crippen molar-refractivity contribution in [1.82, 2.24) is 4.98 Å². The summed E-state index contributed by atoms with van der Waals surface area (Å²) in [5, 5.41) is 20.3. The highest BCUT2D eigenvalue weighted by atomic mass is 16.3. The van der Waals surface area contributed by atoms with E-state index in [0.717, 1.165) is 24.9 Å². The summed E-state index contributed by atoms with van der Waals surface area (Å²) in [5.74, 6) is 0.709. The Hall–Kier alpha value is -2.79. The van der Waals surface area contributed by atoms with Crippen LogP contribution in [0.25, 0.3) is 11.1 Å². The molecule has 0 amide bonds. The van der Waals surface area contributed by atoms with Crippen LogP contribution < -0.4 is 5.32 Å². The van der Waals surface area contributed by atoms with Crippen LogP contribution in [0.15, 0.2) is 34.4 Å². The van der Waals surface area contributed by atoms with Crippen molar-refractivity contribution in [3.63, 3.8) is 0 Å². The Labute approximate surface area is 117 Å². The molecule has 0 aliphatic carbocycles. The first-order valence-electron chi connectivity index (χ1n) is 6.43. The smallest absolute Gasteiger partial charge is 0.195 e. The van der Waals surface area contributed by atoms with Crippen molar-refractivity contribution in [1.29, 1.82) is 10.5 Å². The average Bonchev–Trinajstić information content (AvgIpc) is 2.89. The maximum absolute atomic E-state index is 8.70. The monoisotopic (exact) mass is 266 g/mol. The van der Waals surface area contributed by atoms with Gasteiger partial charge in [0.1, 0.15) is 23.2 Å². The molecule has 2 aromatic rings. The molecular formula is C15H14N4O. The Morgan fingerprint density at radius 3 is 2.90 bits per heavy atom. The molecule has 0 bridgehead atoms. The Balaban J connectivity index is 2.30. The van der Waals surface area contributed by atoms with E-state index < -0.39 is 0 Å². The molecule has 1 aromatic carbocycles. The fraction of sp³-hybridized carbons (Fsp3) is 0.267. The van der Waals surface area contributed by atoms with E-state index in [1.807, 2.05) is 18.2 Å². The highest BCUT2D eigenvalue weighted by Crippen LogP contribution is 2.24. The standard InChI is InChI=1S/C15H14N4O/c1-2-3-7-14-19-15-12(5-4-6-13(15)20-14)18-10-11(8-16)9-17/h4-6,10,18H,2-3,7H2,1H3. The van der Waals surface area contributed by atoms with Gasteiger partial charge >= 0.3 is 0 Å². The SMILES string of the molecule is CCCCc1nc2c(NC=C(C#N)C#N)cccc2o1. The van der Waals surface area contributed by atoms with Gasteiger partial charge in [0.05, 0.1) is 5.69 Å².